The lowest BCUT2D eigenvalue weighted by molar-refractivity contribution is 0.0700. The molecule has 0 aromatic carbocycles. The fourth-order valence-corrected chi connectivity index (χ4v) is 2.98. The number of Topliss-reactive ketones (excluding diaryl/α,β-unsaturated/α-hetero) is 1. The predicted molar refractivity (Wildman–Crippen MR) is 57.7 cm³/mol. The average molecular weight is 224 g/mol. The zero-order valence-corrected chi connectivity index (χ0v) is 9.48. The molecule has 0 aliphatic heterocycles. The molecular weight excluding hydrogens is 212 g/mol. The molecule has 0 fully saturated rings. The van der Waals surface area contributed by atoms with Crippen LogP contribution in [0.25, 0.3) is 0 Å². The molecule has 1 heterocycles. The van der Waals surface area contributed by atoms with E-state index >= 15 is 0 Å². The Morgan fingerprint density at radius 3 is 2.73 bits per heavy atom. The van der Waals surface area contributed by atoms with E-state index in [1.54, 1.807) is 5.38 Å². The topological polar surface area (TPSA) is 54.4 Å². The third-order valence-corrected chi connectivity index (χ3v) is 3.69. The van der Waals surface area contributed by atoms with Gasteiger partial charge in [0.2, 0.25) is 0 Å². The van der Waals surface area contributed by atoms with Gasteiger partial charge in [-0.1, -0.05) is 13.8 Å². The fraction of sp³-hybridized carbons (Fsp3) is 0.455. The van der Waals surface area contributed by atoms with Gasteiger partial charge < -0.3 is 5.11 Å². The third kappa shape index (κ3) is 1.69. The van der Waals surface area contributed by atoms with Crippen LogP contribution in [0.1, 0.15) is 45.9 Å². The first-order valence-electron chi connectivity index (χ1n) is 4.77. The Balaban J connectivity index is 2.54. The van der Waals surface area contributed by atoms with Crippen LogP contribution in [-0.2, 0) is 6.42 Å². The summed E-state index contributed by atoms with van der Waals surface area (Å²) >= 11 is 1.16. The molecule has 2 rings (SSSR count). The monoisotopic (exact) mass is 224 g/mol. The second kappa shape index (κ2) is 3.17. The average Bonchev–Trinajstić information content (AvgIpc) is 2.45. The van der Waals surface area contributed by atoms with Crippen LogP contribution in [0.5, 0.6) is 0 Å². The maximum Gasteiger partial charge on any atom is 0.346 e. The molecule has 1 aromatic rings. The van der Waals surface area contributed by atoms with Crippen LogP contribution < -0.4 is 0 Å². The number of carboxylic acid groups (broad SMARTS) is 1. The predicted octanol–water partition coefficient (Wildman–Crippen LogP) is 2.60. The van der Waals surface area contributed by atoms with Crippen LogP contribution >= 0.6 is 11.3 Å². The van der Waals surface area contributed by atoms with Gasteiger partial charge in [0, 0.05) is 17.4 Å². The maximum atomic E-state index is 11.8. The number of thiophene rings is 1. The molecule has 80 valence electrons. The van der Waals surface area contributed by atoms with Crippen LogP contribution in [0.3, 0.4) is 0 Å². The third-order valence-electron chi connectivity index (χ3n) is 2.68. The van der Waals surface area contributed by atoms with Gasteiger partial charge in [-0.05, 0) is 17.4 Å². The highest BCUT2D eigenvalue weighted by atomic mass is 32.1. The summed E-state index contributed by atoms with van der Waals surface area (Å²) in [6, 6.07) is 0. The highest BCUT2D eigenvalue weighted by molar-refractivity contribution is 7.12. The molecule has 0 amide bonds. The summed E-state index contributed by atoms with van der Waals surface area (Å²) in [5, 5.41) is 10.7. The molecular formula is C11H12O3S. The molecule has 0 saturated carbocycles. The Bertz CT molecular complexity index is 429. The van der Waals surface area contributed by atoms with E-state index in [0.717, 1.165) is 16.9 Å². The molecule has 0 atom stereocenters. The van der Waals surface area contributed by atoms with Crippen molar-refractivity contribution in [2.45, 2.75) is 26.7 Å². The highest BCUT2D eigenvalue weighted by Crippen LogP contribution is 2.38. The van der Waals surface area contributed by atoms with E-state index < -0.39 is 5.97 Å². The smallest absolute Gasteiger partial charge is 0.346 e. The first kappa shape index (κ1) is 10.4. The Hall–Kier alpha value is -1.16. The van der Waals surface area contributed by atoms with Crippen LogP contribution in [0.15, 0.2) is 5.38 Å². The summed E-state index contributed by atoms with van der Waals surface area (Å²) in [5.74, 6) is -0.850. The van der Waals surface area contributed by atoms with E-state index in [-0.39, 0.29) is 11.2 Å². The fourth-order valence-electron chi connectivity index (χ4n) is 2.04. The lowest BCUT2D eigenvalue weighted by Crippen LogP contribution is -2.26. The van der Waals surface area contributed by atoms with E-state index in [1.165, 1.54) is 0 Å². The summed E-state index contributed by atoms with van der Waals surface area (Å²) in [5.41, 5.74) is 1.24. The van der Waals surface area contributed by atoms with E-state index in [9.17, 15) is 9.59 Å². The van der Waals surface area contributed by atoms with Gasteiger partial charge in [-0.2, -0.15) is 0 Å². The molecule has 3 nitrogen and oxygen atoms in total. The lowest BCUT2D eigenvalue weighted by Gasteiger charge is -2.28. The van der Waals surface area contributed by atoms with Gasteiger partial charge in [0.1, 0.15) is 4.88 Å². The van der Waals surface area contributed by atoms with Gasteiger partial charge in [0.15, 0.2) is 5.78 Å². The zero-order chi connectivity index (χ0) is 11.2. The van der Waals surface area contributed by atoms with Crippen LogP contribution in [0, 0.1) is 5.41 Å². The quantitative estimate of drug-likeness (QED) is 0.797. The number of hydrogen-bond donors (Lipinski definition) is 1. The van der Waals surface area contributed by atoms with Gasteiger partial charge in [0.25, 0.3) is 0 Å². The Morgan fingerprint density at radius 1 is 1.47 bits per heavy atom. The van der Waals surface area contributed by atoms with Crippen molar-refractivity contribution < 1.29 is 14.7 Å². The van der Waals surface area contributed by atoms with Crippen LogP contribution in [0.4, 0.5) is 0 Å². The number of carbonyl (C=O) groups is 2. The molecule has 0 spiro atoms. The molecule has 1 aliphatic carbocycles. The first-order valence-corrected chi connectivity index (χ1v) is 5.65. The number of carboxylic acids is 1. The first-order chi connectivity index (χ1) is 6.91. The molecule has 0 bridgehead atoms. The Morgan fingerprint density at radius 2 is 2.13 bits per heavy atom. The van der Waals surface area contributed by atoms with Crippen molar-refractivity contribution in [2.24, 2.45) is 5.41 Å². The molecule has 15 heavy (non-hydrogen) atoms. The van der Waals surface area contributed by atoms with Crippen molar-refractivity contribution in [3.05, 3.63) is 21.4 Å². The molecule has 4 heteroatoms. The highest BCUT2D eigenvalue weighted by Gasteiger charge is 2.34. The van der Waals surface area contributed by atoms with Crippen molar-refractivity contribution in [1.29, 1.82) is 0 Å². The van der Waals surface area contributed by atoms with Gasteiger partial charge in [-0.15, -0.1) is 11.3 Å². The summed E-state index contributed by atoms with van der Waals surface area (Å²) in [6.45, 7) is 3.99. The van der Waals surface area contributed by atoms with Crippen LogP contribution in [-0.4, -0.2) is 16.9 Å². The second-order valence-corrected chi connectivity index (χ2v) is 5.58. The van der Waals surface area contributed by atoms with Gasteiger partial charge in [-0.3, -0.25) is 4.79 Å². The minimum atomic E-state index is -0.924. The number of ketones is 1. The number of carbonyl (C=O) groups excluding carboxylic acids is 1. The number of rotatable bonds is 1. The molecule has 1 N–H and O–H groups in total. The second-order valence-electron chi connectivity index (χ2n) is 4.70. The molecule has 1 aromatic heterocycles. The van der Waals surface area contributed by atoms with Crippen molar-refractivity contribution in [3.8, 4) is 0 Å². The minimum Gasteiger partial charge on any atom is -0.477 e. The summed E-state index contributed by atoms with van der Waals surface area (Å²) in [4.78, 5) is 23.0. The van der Waals surface area contributed by atoms with E-state index in [4.69, 9.17) is 5.11 Å². The lowest BCUT2D eigenvalue weighted by atomic mass is 9.74. The Kier molecular flexibility index (Phi) is 2.19. The normalized spacial score (nSPS) is 18.7. The molecule has 0 unspecified atom stereocenters. The largest absolute Gasteiger partial charge is 0.477 e. The van der Waals surface area contributed by atoms with E-state index in [1.807, 2.05) is 13.8 Å². The summed E-state index contributed by atoms with van der Waals surface area (Å²) in [6.07, 6.45) is 1.19. The maximum absolute atomic E-state index is 11.8. The van der Waals surface area contributed by atoms with Crippen LogP contribution in [0.2, 0.25) is 0 Å². The Labute approximate surface area is 91.7 Å². The van der Waals surface area contributed by atoms with Crippen molar-refractivity contribution in [1.82, 2.24) is 0 Å². The van der Waals surface area contributed by atoms with Crippen molar-refractivity contribution in [3.63, 3.8) is 0 Å². The molecule has 0 radical (unpaired) electrons. The van der Waals surface area contributed by atoms with Gasteiger partial charge >= 0.3 is 5.97 Å². The molecule has 0 saturated heterocycles. The number of hydrogen-bond acceptors (Lipinski definition) is 3. The van der Waals surface area contributed by atoms with Crippen molar-refractivity contribution in [2.75, 3.05) is 0 Å². The van der Waals surface area contributed by atoms with E-state index in [0.29, 0.717) is 23.3 Å². The van der Waals surface area contributed by atoms with Gasteiger partial charge in [0.05, 0.1) is 0 Å². The van der Waals surface area contributed by atoms with E-state index in [2.05, 4.69) is 0 Å². The standard InChI is InChI=1S/C11H12O3S/c1-11(2)3-6-7(8(12)4-11)5-15-9(6)10(13)14/h5H,3-4H2,1-2H3,(H,13,14). The summed E-state index contributed by atoms with van der Waals surface area (Å²) in [7, 11) is 0. The SMILES string of the molecule is CC1(C)CC(=O)c2csc(C(=O)O)c2C1. The van der Waals surface area contributed by atoms with Crippen molar-refractivity contribution >= 4 is 23.1 Å². The number of aromatic carboxylic acids is 1. The summed E-state index contributed by atoms with van der Waals surface area (Å²) < 4.78 is 0. The number of fused-ring (bicyclic) bond motifs is 1. The zero-order valence-electron chi connectivity index (χ0n) is 8.66. The minimum absolute atomic E-state index is 0.0741. The van der Waals surface area contributed by atoms with Gasteiger partial charge in [-0.25, -0.2) is 4.79 Å². The molecule has 1 aliphatic rings.